The Morgan fingerprint density at radius 2 is 1.87 bits per heavy atom. The zero-order chi connectivity index (χ0) is 22.5. The number of hydrogen-bond donors (Lipinski definition) is 1. The number of ether oxygens (including phenoxy) is 1. The molecule has 3 aromatic rings. The van der Waals surface area contributed by atoms with Gasteiger partial charge in [-0.1, -0.05) is 29.8 Å². The molecule has 2 aromatic carbocycles. The number of rotatable bonds is 7. The van der Waals surface area contributed by atoms with Gasteiger partial charge in [0, 0.05) is 26.2 Å². The quantitative estimate of drug-likeness (QED) is 0.590. The molecule has 0 atom stereocenters. The first-order chi connectivity index (χ1) is 14.8. The van der Waals surface area contributed by atoms with Crippen LogP contribution in [0.5, 0.6) is 5.75 Å². The second kappa shape index (κ2) is 9.66. The van der Waals surface area contributed by atoms with Gasteiger partial charge in [-0.25, -0.2) is 0 Å². The minimum absolute atomic E-state index is 0.225. The monoisotopic (exact) mass is 440 g/mol. The van der Waals surface area contributed by atoms with Gasteiger partial charge in [-0.3, -0.25) is 14.3 Å². The van der Waals surface area contributed by atoms with Crippen molar-refractivity contribution in [3.05, 3.63) is 76.1 Å². The maximum absolute atomic E-state index is 12.7. The summed E-state index contributed by atoms with van der Waals surface area (Å²) < 4.78 is 7.36. The van der Waals surface area contributed by atoms with Crippen molar-refractivity contribution in [3.8, 4) is 5.75 Å². The Morgan fingerprint density at radius 3 is 2.52 bits per heavy atom. The van der Waals surface area contributed by atoms with Gasteiger partial charge in [0.25, 0.3) is 11.8 Å². The van der Waals surface area contributed by atoms with Crippen LogP contribution in [0.3, 0.4) is 0 Å². The van der Waals surface area contributed by atoms with Crippen molar-refractivity contribution < 1.29 is 14.3 Å². The number of anilines is 1. The number of nitrogens with zero attached hydrogens (tertiary/aromatic N) is 3. The van der Waals surface area contributed by atoms with Crippen molar-refractivity contribution in [1.82, 2.24) is 14.7 Å². The van der Waals surface area contributed by atoms with Crippen LogP contribution < -0.4 is 10.1 Å². The van der Waals surface area contributed by atoms with Gasteiger partial charge in [0.15, 0.2) is 0 Å². The molecule has 0 saturated heterocycles. The van der Waals surface area contributed by atoms with Crippen molar-refractivity contribution in [3.63, 3.8) is 0 Å². The lowest BCUT2D eigenvalue weighted by molar-refractivity contribution is 0.0816. The van der Waals surface area contributed by atoms with Crippen LogP contribution in [0.1, 0.15) is 38.9 Å². The van der Waals surface area contributed by atoms with Crippen LogP contribution in [-0.4, -0.2) is 40.6 Å². The van der Waals surface area contributed by atoms with E-state index in [1.165, 1.54) is 11.1 Å². The average Bonchev–Trinajstić information content (AvgIpc) is 3.16. The van der Waals surface area contributed by atoms with Crippen LogP contribution >= 0.6 is 11.6 Å². The fourth-order valence-corrected chi connectivity index (χ4v) is 3.16. The number of benzene rings is 2. The zero-order valence-corrected chi connectivity index (χ0v) is 18.7. The normalized spacial score (nSPS) is 10.6. The Morgan fingerprint density at radius 1 is 1.16 bits per heavy atom. The number of nitrogens with one attached hydrogen (secondary N) is 1. The molecule has 31 heavy (non-hydrogen) atoms. The van der Waals surface area contributed by atoms with Crippen molar-refractivity contribution in [2.45, 2.75) is 27.0 Å². The Labute approximate surface area is 186 Å². The third-order valence-corrected chi connectivity index (χ3v) is 5.01. The summed E-state index contributed by atoms with van der Waals surface area (Å²) >= 11 is 6.16. The van der Waals surface area contributed by atoms with Crippen LogP contribution in [-0.2, 0) is 13.2 Å². The van der Waals surface area contributed by atoms with Gasteiger partial charge in [0.1, 0.15) is 18.1 Å². The van der Waals surface area contributed by atoms with E-state index in [0.717, 1.165) is 11.1 Å². The molecule has 3 rings (SSSR count). The molecule has 7 nitrogen and oxygen atoms in total. The van der Waals surface area contributed by atoms with Crippen LogP contribution in [0.2, 0.25) is 5.02 Å². The smallest absolute Gasteiger partial charge is 0.273 e. The number of carbonyl (C=O) groups excluding carboxylic acids is 2. The predicted molar refractivity (Wildman–Crippen MR) is 121 cm³/mol. The van der Waals surface area contributed by atoms with Crippen molar-refractivity contribution in [1.29, 1.82) is 0 Å². The lowest BCUT2D eigenvalue weighted by Crippen LogP contribution is -2.26. The summed E-state index contributed by atoms with van der Waals surface area (Å²) in [5.74, 6) is 0.0733. The van der Waals surface area contributed by atoms with Gasteiger partial charge in [-0.2, -0.15) is 5.10 Å². The van der Waals surface area contributed by atoms with E-state index < -0.39 is 0 Å². The molecular weight excluding hydrogens is 416 g/mol. The van der Waals surface area contributed by atoms with E-state index in [9.17, 15) is 9.59 Å². The first-order valence-electron chi connectivity index (χ1n) is 9.86. The van der Waals surface area contributed by atoms with E-state index in [4.69, 9.17) is 16.3 Å². The van der Waals surface area contributed by atoms with E-state index >= 15 is 0 Å². The van der Waals surface area contributed by atoms with Crippen LogP contribution in [0.4, 0.5) is 5.69 Å². The fourth-order valence-electron chi connectivity index (χ4n) is 2.98. The topological polar surface area (TPSA) is 76.5 Å². The number of amides is 2. The fraction of sp³-hybridized carbons (Fsp3) is 0.261. The van der Waals surface area contributed by atoms with Crippen LogP contribution in [0.15, 0.2) is 48.7 Å². The predicted octanol–water partition coefficient (Wildman–Crippen LogP) is 4.40. The van der Waals surface area contributed by atoms with E-state index in [0.29, 0.717) is 40.9 Å². The van der Waals surface area contributed by atoms with Gasteiger partial charge in [-0.05, 0) is 49.2 Å². The Hall–Kier alpha value is -3.32. The maximum atomic E-state index is 12.7. The number of hydrogen-bond acceptors (Lipinski definition) is 4. The summed E-state index contributed by atoms with van der Waals surface area (Å²) in [6.07, 6.45) is 1.49. The molecule has 8 heteroatoms. The molecule has 0 saturated carbocycles. The van der Waals surface area contributed by atoms with E-state index in [2.05, 4.69) is 10.4 Å². The third kappa shape index (κ3) is 5.24. The molecular formula is C23H25ClN4O3. The number of halogens is 1. The van der Waals surface area contributed by atoms with Crippen LogP contribution in [0, 0.1) is 6.92 Å². The third-order valence-electron chi connectivity index (χ3n) is 4.69. The van der Waals surface area contributed by atoms with E-state index in [-0.39, 0.29) is 11.8 Å². The Bertz CT molecular complexity index is 1090. The molecule has 0 fully saturated rings. The molecule has 0 spiro atoms. The summed E-state index contributed by atoms with van der Waals surface area (Å²) in [6.45, 7) is 4.70. The summed E-state index contributed by atoms with van der Waals surface area (Å²) in [4.78, 5) is 26.7. The molecule has 0 aliphatic carbocycles. The molecule has 0 bridgehead atoms. The molecule has 0 radical (unpaired) electrons. The Balaban J connectivity index is 1.69. The second-order valence-electron chi connectivity index (χ2n) is 7.30. The molecule has 1 aromatic heterocycles. The summed E-state index contributed by atoms with van der Waals surface area (Å²) in [6, 6.07) is 12.7. The van der Waals surface area contributed by atoms with Crippen molar-refractivity contribution in [2.24, 2.45) is 0 Å². The molecule has 1 N–H and O–H groups in total. The van der Waals surface area contributed by atoms with Gasteiger partial charge in [0.2, 0.25) is 0 Å². The standard InChI is InChI=1S/C23H25ClN4O3/c1-5-28-21(23(30)27(3)4)19(13-25-28)26-22(29)17-9-7-16(8-10-17)14-31-20-12-15(2)6-11-18(20)24/h6-13H,5,14H2,1-4H3,(H,26,29). The molecule has 0 aliphatic heterocycles. The maximum Gasteiger partial charge on any atom is 0.273 e. The highest BCUT2D eigenvalue weighted by Gasteiger charge is 2.21. The summed E-state index contributed by atoms with van der Waals surface area (Å²) in [5, 5.41) is 7.54. The molecule has 1 heterocycles. The molecule has 2 amide bonds. The first-order valence-corrected chi connectivity index (χ1v) is 10.2. The largest absolute Gasteiger partial charge is 0.487 e. The van der Waals surface area contributed by atoms with E-state index in [1.807, 2.05) is 38.1 Å². The Kier molecular flexibility index (Phi) is 6.97. The van der Waals surface area contributed by atoms with Gasteiger partial charge < -0.3 is 15.0 Å². The molecule has 0 unspecified atom stereocenters. The van der Waals surface area contributed by atoms with E-state index in [1.54, 1.807) is 37.0 Å². The lowest BCUT2D eigenvalue weighted by Gasteiger charge is -2.13. The van der Waals surface area contributed by atoms with Gasteiger partial charge >= 0.3 is 0 Å². The summed E-state index contributed by atoms with van der Waals surface area (Å²) in [7, 11) is 3.32. The second-order valence-corrected chi connectivity index (χ2v) is 7.70. The number of carbonyl (C=O) groups is 2. The molecule has 0 aliphatic rings. The number of aryl methyl sites for hydroxylation is 2. The van der Waals surface area contributed by atoms with Crippen LogP contribution in [0.25, 0.3) is 0 Å². The minimum Gasteiger partial charge on any atom is -0.487 e. The minimum atomic E-state index is -0.322. The highest BCUT2D eigenvalue weighted by molar-refractivity contribution is 6.32. The van der Waals surface area contributed by atoms with Crippen molar-refractivity contribution >= 4 is 29.1 Å². The van der Waals surface area contributed by atoms with Gasteiger partial charge in [0.05, 0.1) is 16.9 Å². The highest BCUT2D eigenvalue weighted by Crippen LogP contribution is 2.26. The SMILES string of the molecule is CCn1ncc(NC(=O)c2ccc(COc3cc(C)ccc3Cl)cc2)c1C(=O)N(C)C. The zero-order valence-electron chi connectivity index (χ0n) is 18.0. The average molecular weight is 441 g/mol. The summed E-state index contributed by atoms with van der Waals surface area (Å²) in [5.41, 5.74) is 3.15. The first kappa shape index (κ1) is 22.4. The lowest BCUT2D eigenvalue weighted by atomic mass is 10.1. The highest BCUT2D eigenvalue weighted by atomic mass is 35.5. The van der Waals surface area contributed by atoms with Crippen molar-refractivity contribution in [2.75, 3.05) is 19.4 Å². The molecule has 162 valence electrons. The van der Waals surface area contributed by atoms with Gasteiger partial charge in [-0.15, -0.1) is 0 Å². The number of aromatic nitrogens is 2.